The van der Waals surface area contributed by atoms with E-state index < -0.39 is 0 Å². The van der Waals surface area contributed by atoms with Crippen LogP contribution in [0.4, 0.5) is 0 Å². The minimum atomic E-state index is 0.112. The monoisotopic (exact) mass is 349 g/mol. The maximum absolute atomic E-state index is 11.7. The average Bonchev–Trinajstić information content (AvgIpc) is 2.95. The summed E-state index contributed by atoms with van der Waals surface area (Å²) < 4.78 is 0. The molecule has 0 aromatic rings. The fraction of sp³-hybridized carbons (Fsp3) is 0.895. The van der Waals surface area contributed by atoms with Crippen LogP contribution in [0.3, 0.4) is 0 Å². The molecule has 3 saturated heterocycles. The second-order valence-corrected chi connectivity index (χ2v) is 8.50. The Balaban J connectivity index is 1.53. The number of aliphatic imine (C=N–C) groups is 1. The van der Waals surface area contributed by atoms with Gasteiger partial charge in [-0.15, -0.1) is 0 Å². The molecule has 1 spiro atoms. The van der Waals surface area contributed by atoms with E-state index in [-0.39, 0.29) is 11.3 Å². The van der Waals surface area contributed by atoms with Gasteiger partial charge in [0.25, 0.3) is 0 Å². The first kappa shape index (κ1) is 18.5. The minimum Gasteiger partial charge on any atom is -0.355 e. The molecule has 3 unspecified atom stereocenters. The van der Waals surface area contributed by atoms with Gasteiger partial charge in [0.15, 0.2) is 5.96 Å². The number of nitrogens with one attached hydrogen (secondary N) is 2. The molecule has 3 atom stereocenters. The smallest absolute Gasteiger partial charge is 0.220 e. The van der Waals surface area contributed by atoms with E-state index in [2.05, 4.69) is 39.3 Å². The van der Waals surface area contributed by atoms with Crippen molar-refractivity contribution in [2.24, 2.45) is 16.3 Å². The van der Waals surface area contributed by atoms with Crippen LogP contribution in [0.15, 0.2) is 4.99 Å². The molecule has 142 valence electrons. The summed E-state index contributed by atoms with van der Waals surface area (Å²) in [5, 5.41) is 6.62. The molecular formula is C19H35N5O. The molecular weight excluding hydrogens is 314 g/mol. The second kappa shape index (κ2) is 7.94. The maximum Gasteiger partial charge on any atom is 0.220 e. The first-order chi connectivity index (χ1) is 12.0. The molecule has 1 amide bonds. The van der Waals surface area contributed by atoms with Gasteiger partial charge in [-0.05, 0) is 45.1 Å². The van der Waals surface area contributed by atoms with Crippen LogP contribution in [0.1, 0.15) is 46.0 Å². The lowest BCUT2D eigenvalue weighted by Gasteiger charge is -2.41. The van der Waals surface area contributed by atoms with Crippen molar-refractivity contribution >= 4 is 11.9 Å². The topological polar surface area (TPSA) is 60.0 Å². The van der Waals surface area contributed by atoms with Gasteiger partial charge in [-0.2, -0.15) is 0 Å². The third-order valence-corrected chi connectivity index (χ3v) is 6.24. The Labute approximate surface area is 152 Å². The van der Waals surface area contributed by atoms with Crippen molar-refractivity contribution in [1.82, 2.24) is 20.4 Å². The van der Waals surface area contributed by atoms with E-state index >= 15 is 0 Å². The lowest BCUT2D eigenvalue weighted by atomic mass is 9.79. The molecule has 0 radical (unpaired) electrons. The number of guanidine groups is 1. The third kappa shape index (κ3) is 4.46. The zero-order chi connectivity index (χ0) is 17.9. The maximum atomic E-state index is 11.7. The summed E-state index contributed by atoms with van der Waals surface area (Å²) in [7, 11) is 1.87. The lowest BCUT2D eigenvalue weighted by molar-refractivity contribution is -0.119. The number of hydrogen-bond acceptors (Lipinski definition) is 3. The first-order valence-corrected chi connectivity index (χ1v) is 9.98. The summed E-state index contributed by atoms with van der Waals surface area (Å²) >= 11 is 0. The highest BCUT2D eigenvalue weighted by atomic mass is 16.1. The van der Waals surface area contributed by atoms with E-state index in [0.29, 0.717) is 12.5 Å². The summed E-state index contributed by atoms with van der Waals surface area (Å²) in [6.45, 7) is 10.8. The fourth-order valence-electron chi connectivity index (χ4n) is 4.76. The van der Waals surface area contributed by atoms with Crippen molar-refractivity contribution < 1.29 is 4.79 Å². The van der Waals surface area contributed by atoms with Gasteiger partial charge in [0.2, 0.25) is 5.91 Å². The molecule has 3 aliphatic heterocycles. The van der Waals surface area contributed by atoms with Crippen molar-refractivity contribution in [3.63, 3.8) is 0 Å². The van der Waals surface area contributed by atoms with Crippen LogP contribution in [0.2, 0.25) is 0 Å². The predicted octanol–water partition coefficient (Wildman–Crippen LogP) is 1.28. The van der Waals surface area contributed by atoms with Gasteiger partial charge in [-0.3, -0.25) is 14.7 Å². The molecule has 0 aromatic heterocycles. The number of likely N-dealkylation sites (tertiary alicyclic amines) is 2. The Morgan fingerprint density at radius 3 is 2.96 bits per heavy atom. The summed E-state index contributed by atoms with van der Waals surface area (Å²) in [6, 6.07) is 0.521. The van der Waals surface area contributed by atoms with Crippen LogP contribution in [-0.4, -0.2) is 74.0 Å². The molecule has 0 bridgehead atoms. The van der Waals surface area contributed by atoms with Crippen LogP contribution in [-0.2, 0) is 4.79 Å². The summed E-state index contributed by atoms with van der Waals surface area (Å²) in [5.74, 6) is 2.01. The molecule has 25 heavy (non-hydrogen) atoms. The molecule has 6 heteroatoms. The van der Waals surface area contributed by atoms with E-state index in [1.165, 1.54) is 25.9 Å². The predicted molar refractivity (Wildman–Crippen MR) is 102 cm³/mol. The first-order valence-electron chi connectivity index (χ1n) is 9.98. The van der Waals surface area contributed by atoms with Gasteiger partial charge in [0.05, 0.1) is 0 Å². The van der Waals surface area contributed by atoms with E-state index in [1.54, 1.807) is 0 Å². The number of amides is 1. The molecule has 0 aliphatic carbocycles. The molecule has 6 nitrogen and oxygen atoms in total. The van der Waals surface area contributed by atoms with Crippen molar-refractivity contribution in [2.45, 2.75) is 52.0 Å². The number of piperidine rings is 2. The largest absolute Gasteiger partial charge is 0.355 e. The van der Waals surface area contributed by atoms with E-state index in [4.69, 9.17) is 0 Å². The van der Waals surface area contributed by atoms with Crippen LogP contribution in [0, 0.1) is 11.3 Å². The number of hydrogen-bond donors (Lipinski definition) is 2. The van der Waals surface area contributed by atoms with Gasteiger partial charge in [0, 0.05) is 57.6 Å². The van der Waals surface area contributed by atoms with E-state index in [1.807, 2.05) is 7.05 Å². The minimum absolute atomic E-state index is 0.112. The van der Waals surface area contributed by atoms with Gasteiger partial charge in [-0.25, -0.2) is 0 Å². The molecule has 3 aliphatic rings. The number of nitrogens with zero attached hydrogens (tertiary/aromatic N) is 3. The van der Waals surface area contributed by atoms with Crippen LogP contribution in [0.5, 0.6) is 0 Å². The van der Waals surface area contributed by atoms with Crippen LogP contribution >= 0.6 is 0 Å². The van der Waals surface area contributed by atoms with Crippen molar-refractivity contribution in [2.75, 3.05) is 46.3 Å². The summed E-state index contributed by atoms with van der Waals surface area (Å²) in [5.41, 5.74) is 0.112. The molecule has 3 heterocycles. The zero-order valence-electron chi connectivity index (χ0n) is 16.2. The third-order valence-electron chi connectivity index (χ3n) is 6.24. The molecule has 0 saturated carbocycles. The Morgan fingerprint density at radius 2 is 2.28 bits per heavy atom. The van der Waals surface area contributed by atoms with Gasteiger partial charge >= 0.3 is 0 Å². The number of carbonyl (C=O) groups is 1. The van der Waals surface area contributed by atoms with Gasteiger partial charge in [-0.1, -0.05) is 6.92 Å². The Hall–Kier alpha value is -1.30. The molecule has 3 rings (SSSR count). The fourth-order valence-corrected chi connectivity index (χ4v) is 4.76. The Kier molecular flexibility index (Phi) is 5.87. The molecule has 0 aromatic carbocycles. The second-order valence-electron chi connectivity index (χ2n) is 8.50. The quantitative estimate of drug-likeness (QED) is 0.595. The van der Waals surface area contributed by atoms with Crippen molar-refractivity contribution in [1.29, 1.82) is 0 Å². The zero-order valence-corrected chi connectivity index (χ0v) is 16.2. The number of carbonyl (C=O) groups excluding carboxylic acids is 1. The highest BCUT2D eigenvalue weighted by Crippen LogP contribution is 2.35. The highest BCUT2D eigenvalue weighted by molar-refractivity contribution is 5.81. The lowest BCUT2D eigenvalue weighted by Crippen LogP contribution is -2.53. The van der Waals surface area contributed by atoms with Crippen molar-refractivity contribution in [3.05, 3.63) is 0 Å². The number of rotatable bonds is 3. The normalized spacial score (nSPS) is 32.8. The molecule has 3 fully saturated rings. The van der Waals surface area contributed by atoms with Crippen LogP contribution in [0.25, 0.3) is 0 Å². The van der Waals surface area contributed by atoms with Gasteiger partial charge in [0.1, 0.15) is 0 Å². The summed E-state index contributed by atoms with van der Waals surface area (Å²) in [4.78, 5) is 21.2. The van der Waals surface area contributed by atoms with E-state index in [9.17, 15) is 4.79 Å². The molecule has 2 N–H and O–H groups in total. The van der Waals surface area contributed by atoms with E-state index in [0.717, 1.165) is 50.9 Å². The van der Waals surface area contributed by atoms with Crippen molar-refractivity contribution in [3.8, 4) is 0 Å². The summed E-state index contributed by atoms with van der Waals surface area (Å²) in [6.07, 6.45) is 5.62. The standard InChI is InChI=1S/C19H35N5O/c1-15-6-4-8-23(12-15)16(2)11-21-18(20-3)24-9-5-7-19(14-24)10-17(25)22-13-19/h15-16H,4-14H2,1-3H3,(H,20,21)(H,22,25). The highest BCUT2D eigenvalue weighted by Gasteiger charge is 2.42. The van der Waals surface area contributed by atoms with Gasteiger partial charge < -0.3 is 15.5 Å². The average molecular weight is 350 g/mol. The Bertz CT molecular complexity index is 508. The Morgan fingerprint density at radius 1 is 1.44 bits per heavy atom. The SMILES string of the molecule is CN=C(NCC(C)N1CCCC(C)C1)N1CCCC2(CNC(=O)C2)C1. The van der Waals surface area contributed by atoms with Crippen LogP contribution < -0.4 is 10.6 Å².